The van der Waals surface area contributed by atoms with Crippen LogP contribution in [0.4, 0.5) is 0 Å². The van der Waals surface area contributed by atoms with Crippen molar-refractivity contribution in [3.63, 3.8) is 0 Å². The summed E-state index contributed by atoms with van der Waals surface area (Å²) < 4.78 is 17.0. The van der Waals surface area contributed by atoms with Crippen LogP contribution in [0.25, 0.3) is 16.8 Å². The van der Waals surface area contributed by atoms with Crippen molar-refractivity contribution in [2.24, 2.45) is 0 Å². The lowest BCUT2D eigenvalue weighted by Gasteiger charge is -2.32. The molecule has 156 valence electrons. The van der Waals surface area contributed by atoms with Gasteiger partial charge in [0.25, 0.3) is 5.79 Å². The van der Waals surface area contributed by atoms with Crippen molar-refractivity contribution < 1.29 is 23.8 Å². The van der Waals surface area contributed by atoms with Crippen molar-refractivity contribution in [3.8, 4) is 5.75 Å². The Morgan fingerprint density at radius 1 is 0.871 bits per heavy atom. The van der Waals surface area contributed by atoms with Gasteiger partial charge in [0, 0.05) is 12.8 Å². The summed E-state index contributed by atoms with van der Waals surface area (Å²) in [6, 6.07) is 21.6. The quantitative estimate of drug-likeness (QED) is 0.335. The molecule has 1 aliphatic heterocycles. The van der Waals surface area contributed by atoms with Crippen molar-refractivity contribution in [3.05, 3.63) is 83.4 Å². The summed E-state index contributed by atoms with van der Waals surface area (Å²) in [4.78, 5) is 24.9. The van der Waals surface area contributed by atoms with Gasteiger partial charge < -0.3 is 14.2 Å². The molecule has 1 saturated carbocycles. The minimum absolute atomic E-state index is 0.0938. The van der Waals surface area contributed by atoms with E-state index >= 15 is 0 Å². The molecule has 0 bridgehead atoms. The van der Waals surface area contributed by atoms with Gasteiger partial charge in [-0.1, -0.05) is 54.6 Å². The van der Waals surface area contributed by atoms with E-state index in [1.165, 1.54) is 6.08 Å². The number of ether oxygens (including phenoxy) is 3. The molecule has 1 aliphatic carbocycles. The minimum Gasteiger partial charge on any atom is -0.489 e. The molecule has 5 rings (SSSR count). The van der Waals surface area contributed by atoms with Crippen LogP contribution in [0.3, 0.4) is 0 Å². The van der Waals surface area contributed by atoms with E-state index in [0.717, 1.165) is 29.2 Å². The molecule has 3 aromatic rings. The predicted octanol–water partition coefficient (Wildman–Crippen LogP) is 5.17. The van der Waals surface area contributed by atoms with E-state index in [-0.39, 0.29) is 5.57 Å². The molecule has 2 aliphatic rings. The van der Waals surface area contributed by atoms with Crippen LogP contribution in [0, 0.1) is 0 Å². The maximum absolute atomic E-state index is 12.5. The molecule has 0 unspecified atom stereocenters. The zero-order chi connectivity index (χ0) is 21.3. The van der Waals surface area contributed by atoms with Crippen LogP contribution in [0.5, 0.6) is 5.75 Å². The van der Waals surface area contributed by atoms with E-state index in [0.29, 0.717) is 30.8 Å². The molecule has 5 heteroatoms. The smallest absolute Gasteiger partial charge is 0.348 e. The molecule has 0 radical (unpaired) electrons. The number of hydrogen-bond acceptors (Lipinski definition) is 5. The van der Waals surface area contributed by atoms with E-state index in [9.17, 15) is 9.59 Å². The summed E-state index contributed by atoms with van der Waals surface area (Å²) in [6.07, 6.45) is 4.40. The Hall–Kier alpha value is -3.60. The standard InChI is InChI=1S/C26H22O5/c27-24-23(25(28)31-26(30-24)13-3-4-14-26)16-18-7-5-11-21(15-18)29-17-20-10-6-9-19-8-1-2-12-22(19)20/h1-2,5-12,15-16H,3-4,13-14,17H2. The first-order valence-corrected chi connectivity index (χ1v) is 10.5. The number of rotatable bonds is 4. The monoisotopic (exact) mass is 414 g/mol. The first-order chi connectivity index (χ1) is 15.1. The molecule has 1 spiro atoms. The minimum atomic E-state index is -1.06. The lowest BCUT2D eigenvalue weighted by atomic mass is 10.1. The van der Waals surface area contributed by atoms with Gasteiger partial charge in [0.05, 0.1) is 0 Å². The number of fused-ring (bicyclic) bond motifs is 1. The highest BCUT2D eigenvalue weighted by Crippen LogP contribution is 2.38. The molecule has 5 nitrogen and oxygen atoms in total. The van der Waals surface area contributed by atoms with Crippen LogP contribution in [-0.2, 0) is 25.7 Å². The second kappa shape index (κ2) is 7.91. The van der Waals surface area contributed by atoms with E-state index in [1.54, 1.807) is 12.1 Å². The topological polar surface area (TPSA) is 61.8 Å². The SMILES string of the molecule is O=C1OC2(CCCC2)OC(=O)C1=Cc1cccc(OCc2cccc3ccccc23)c1. The van der Waals surface area contributed by atoms with Gasteiger partial charge in [0.15, 0.2) is 0 Å². The van der Waals surface area contributed by atoms with Crippen LogP contribution in [0.2, 0.25) is 0 Å². The fourth-order valence-electron chi connectivity index (χ4n) is 4.23. The van der Waals surface area contributed by atoms with Gasteiger partial charge in [-0.25, -0.2) is 9.59 Å². The van der Waals surface area contributed by atoms with Gasteiger partial charge >= 0.3 is 11.9 Å². The molecular weight excluding hydrogens is 392 g/mol. The van der Waals surface area contributed by atoms with Crippen LogP contribution in [0.15, 0.2) is 72.3 Å². The molecule has 3 aromatic carbocycles. The molecule has 1 heterocycles. The first kappa shape index (κ1) is 19.4. The number of carbonyl (C=O) groups is 2. The molecule has 31 heavy (non-hydrogen) atoms. The normalized spacial score (nSPS) is 17.5. The molecular formula is C26H22O5. The third-order valence-electron chi connectivity index (χ3n) is 5.81. The van der Waals surface area contributed by atoms with Crippen molar-refractivity contribution in [2.45, 2.75) is 38.1 Å². The average Bonchev–Trinajstić information content (AvgIpc) is 3.22. The van der Waals surface area contributed by atoms with E-state index in [1.807, 2.05) is 36.4 Å². The largest absolute Gasteiger partial charge is 0.489 e. The third kappa shape index (κ3) is 3.91. The zero-order valence-corrected chi connectivity index (χ0v) is 17.0. The summed E-state index contributed by atoms with van der Waals surface area (Å²) in [5.41, 5.74) is 1.66. The Balaban J connectivity index is 1.33. The van der Waals surface area contributed by atoms with Gasteiger partial charge in [-0.05, 0) is 52.9 Å². The van der Waals surface area contributed by atoms with Crippen LogP contribution < -0.4 is 4.74 Å². The van der Waals surface area contributed by atoms with Gasteiger partial charge in [0.1, 0.15) is 17.9 Å². The maximum atomic E-state index is 12.5. The van der Waals surface area contributed by atoms with E-state index in [2.05, 4.69) is 18.2 Å². The first-order valence-electron chi connectivity index (χ1n) is 10.5. The number of esters is 2. The Labute approximate surface area is 180 Å². The second-order valence-electron chi connectivity index (χ2n) is 7.95. The molecule has 0 atom stereocenters. The Kier molecular flexibility index (Phi) is 4.94. The molecule has 0 aromatic heterocycles. The second-order valence-corrected chi connectivity index (χ2v) is 7.95. The molecule has 2 fully saturated rings. The number of hydrogen-bond donors (Lipinski definition) is 0. The average molecular weight is 414 g/mol. The fraction of sp³-hybridized carbons (Fsp3) is 0.231. The highest BCUT2D eigenvalue weighted by atomic mass is 16.7. The van der Waals surface area contributed by atoms with Crippen LogP contribution in [0.1, 0.15) is 36.8 Å². The highest BCUT2D eigenvalue weighted by molar-refractivity contribution is 6.18. The summed E-state index contributed by atoms with van der Waals surface area (Å²) in [7, 11) is 0. The van der Waals surface area contributed by atoms with Crippen molar-refractivity contribution in [2.75, 3.05) is 0 Å². The summed E-state index contributed by atoms with van der Waals surface area (Å²) in [5, 5.41) is 2.31. The Morgan fingerprint density at radius 2 is 1.58 bits per heavy atom. The maximum Gasteiger partial charge on any atom is 0.348 e. The van der Waals surface area contributed by atoms with Gasteiger partial charge in [0.2, 0.25) is 0 Å². The third-order valence-corrected chi connectivity index (χ3v) is 5.81. The van der Waals surface area contributed by atoms with Crippen LogP contribution >= 0.6 is 0 Å². The Morgan fingerprint density at radius 3 is 2.39 bits per heavy atom. The van der Waals surface area contributed by atoms with Gasteiger partial charge in [-0.2, -0.15) is 0 Å². The Bertz CT molecular complexity index is 1160. The molecule has 0 N–H and O–H groups in total. The van der Waals surface area contributed by atoms with E-state index < -0.39 is 17.7 Å². The van der Waals surface area contributed by atoms with Crippen molar-refractivity contribution in [1.29, 1.82) is 0 Å². The zero-order valence-electron chi connectivity index (χ0n) is 17.0. The summed E-state index contributed by atoms with van der Waals surface area (Å²) in [6.45, 7) is 0.411. The van der Waals surface area contributed by atoms with Gasteiger partial charge in [-0.15, -0.1) is 0 Å². The number of benzene rings is 3. The van der Waals surface area contributed by atoms with E-state index in [4.69, 9.17) is 14.2 Å². The molecule has 0 amide bonds. The summed E-state index contributed by atoms with van der Waals surface area (Å²) in [5.74, 6) is -1.66. The summed E-state index contributed by atoms with van der Waals surface area (Å²) >= 11 is 0. The predicted molar refractivity (Wildman–Crippen MR) is 116 cm³/mol. The number of carbonyl (C=O) groups excluding carboxylic acids is 2. The lowest BCUT2D eigenvalue weighted by Crippen LogP contribution is -2.44. The highest BCUT2D eigenvalue weighted by Gasteiger charge is 2.47. The molecule has 1 saturated heterocycles. The van der Waals surface area contributed by atoms with Crippen molar-refractivity contribution in [1.82, 2.24) is 0 Å². The van der Waals surface area contributed by atoms with Gasteiger partial charge in [-0.3, -0.25) is 0 Å². The fourth-order valence-corrected chi connectivity index (χ4v) is 4.23. The van der Waals surface area contributed by atoms with Crippen molar-refractivity contribution >= 4 is 28.8 Å². The lowest BCUT2D eigenvalue weighted by molar-refractivity contribution is -0.232. The van der Waals surface area contributed by atoms with Crippen LogP contribution in [-0.4, -0.2) is 17.7 Å².